The predicted molar refractivity (Wildman–Crippen MR) is 144 cm³/mol. The molecule has 0 unspecified atom stereocenters. The Balaban J connectivity index is 1.98. The largest absolute Gasteiger partial charge is 0.461 e. The van der Waals surface area contributed by atoms with Gasteiger partial charge >= 0.3 is 18.7 Å². The van der Waals surface area contributed by atoms with Gasteiger partial charge in [-0.05, 0) is 70.8 Å². The summed E-state index contributed by atoms with van der Waals surface area (Å²) in [5, 5.41) is 1.62. The highest BCUT2D eigenvalue weighted by Crippen LogP contribution is 2.39. The molecule has 14 heteroatoms. The lowest BCUT2D eigenvalue weighted by Crippen LogP contribution is -2.49. The number of halogens is 10. The minimum absolute atomic E-state index is 0.0247. The molecule has 4 aromatic rings. The molecule has 45 heavy (non-hydrogen) atoms. The van der Waals surface area contributed by atoms with Crippen molar-refractivity contribution in [2.75, 3.05) is 0 Å². The van der Waals surface area contributed by atoms with Crippen LogP contribution in [-0.2, 0) is 18.1 Å². The lowest BCUT2D eigenvalue weighted by Gasteiger charge is -2.37. The quantitative estimate of drug-likeness (QED) is 0.137. The van der Waals surface area contributed by atoms with Crippen LogP contribution < -0.4 is 10.1 Å². The lowest BCUT2D eigenvalue weighted by molar-refractivity contribution is -0.253. The van der Waals surface area contributed by atoms with Gasteiger partial charge in [0.05, 0.1) is 11.1 Å². The fourth-order valence-corrected chi connectivity index (χ4v) is 4.69. The summed E-state index contributed by atoms with van der Waals surface area (Å²) in [6.07, 6.45) is -14.9. The minimum Gasteiger partial charge on any atom is -0.428 e. The molecule has 0 aromatic heterocycles. The molecule has 0 bridgehead atoms. The van der Waals surface area contributed by atoms with Gasteiger partial charge in [-0.1, -0.05) is 42.5 Å². The summed E-state index contributed by atoms with van der Waals surface area (Å²) in [5.74, 6) is -5.26. The Labute approximate surface area is 254 Å². The molecule has 4 rings (SSSR count). The maximum Gasteiger partial charge on any atom is 0.461 e. The standard InChI is InChI=1S/C31H19ClF9NO3/c32-26(43)18-6-9-20(10-7-18)29(16-17-4-2-1-3-5-17,21-13-22(33)15-23(14-21)45-31(40,41)28(35)36)42-27(44)19-8-11-25(34)24(12-19)30(37,38)39/h1-15,28H,16H2,(H,42,44)/t29-/m1/s1. The SMILES string of the molecule is O=C(Cl)c1ccc([C@@](Cc2ccccc2)(NC(=O)c2ccc(F)c(C(F)(F)F)c2)c2cc(F)cc(OC(F)(F)C(F)F)c2)cc1. The zero-order valence-corrected chi connectivity index (χ0v) is 23.2. The van der Waals surface area contributed by atoms with Crippen LogP contribution in [0.5, 0.6) is 5.75 Å². The zero-order valence-electron chi connectivity index (χ0n) is 22.4. The van der Waals surface area contributed by atoms with Gasteiger partial charge in [0.25, 0.3) is 11.1 Å². The van der Waals surface area contributed by atoms with Gasteiger partial charge in [-0.2, -0.15) is 30.7 Å². The Hall–Kier alpha value is -4.52. The molecule has 0 radical (unpaired) electrons. The van der Waals surface area contributed by atoms with E-state index in [-0.39, 0.29) is 29.2 Å². The number of hydrogen-bond acceptors (Lipinski definition) is 3. The number of nitrogens with one attached hydrogen (secondary N) is 1. The monoisotopic (exact) mass is 659 g/mol. The van der Waals surface area contributed by atoms with E-state index in [2.05, 4.69) is 10.1 Å². The van der Waals surface area contributed by atoms with E-state index in [0.29, 0.717) is 17.7 Å². The molecule has 1 N–H and O–H groups in total. The maximum atomic E-state index is 15.0. The van der Waals surface area contributed by atoms with Gasteiger partial charge in [-0.3, -0.25) is 9.59 Å². The van der Waals surface area contributed by atoms with Crippen molar-refractivity contribution in [2.24, 2.45) is 0 Å². The summed E-state index contributed by atoms with van der Waals surface area (Å²) in [4.78, 5) is 25.4. The molecular formula is C31H19ClF9NO3. The molecule has 236 valence electrons. The van der Waals surface area contributed by atoms with E-state index in [1.807, 2.05) is 0 Å². The van der Waals surface area contributed by atoms with Crippen LogP contribution >= 0.6 is 11.6 Å². The maximum absolute atomic E-state index is 15.0. The van der Waals surface area contributed by atoms with Crippen LogP contribution in [0.3, 0.4) is 0 Å². The van der Waals surface area contributed by atoms with Crippen molar-refractivity contribution in [3.05, 3.63) is 136 Å². The summed E-state index contributed by atoms with van der Waals surface area (Å²) < 4.78 is 127. The number of ether oxygens (including phenoxy) is 1. The van der Waals surface area contributed by atoms with Crippen LogP contribution in [-0.4, -0.2) is 23.7 Å². The Morgan fingerprint density at radius 2 is 1.40 bits per heavy atom. The molecule has 4 nitrogen and oxygen atoms in total. The summed E-state index contributed by atoms with van der Waals surface area (Å²) in [6, 6.07) is 16.1. The summed E-state index contributed by atoms with van der Waals surface area (Å²) in [7, 11) is 0. The number of carbonyl (C=O) groups excluding carboxylic acids is 2. The van der Waals surface area contributed by atoms with Crippen LogP contribution in [0, 0.1) is 11.6 Å². The predicted octanol–water partition coefficient (Wildman–Crippen LogP) is 8.52. The van der Waals surface area contributed by atoms with Crippen molar-refractivity contribution in [1.29, 1.82) is 0 Å². The van der Waals surface area contributed by atoms with E-state index in [4.69, 9.17) is 11.6 Å². The Bertz CT molecular complexity index is 1700. The van der Waals surface area contributed by atoms with Gasteiger partial charge in [0, 0.05) is 23.6 Å². The first-order valence-electron chi connectivity index (χ1n) is 12.7. The molecule has 0 fully saturated rings. The fraction of sp³-hybridized carbons (Fsp3) is 0.161. The Morgan fingerprint density at radius 3 is 1.98 bits per heavy atom. The second kappa shape index (κ2) is 12.8. The molecule has 1 amide bonds. The highest BCUT2D eigenvalue weighted by molar-refractivity contribution is 6.67. The summed E-state index contributed by atoms with van der Waals surface area (Å²) in [5.41, 5.74) is -4.49. The molecule has 0 aliphatic heterocycles. The number of hydrogen-bond donors (Lipinski definition) is 1. The molecule has 4 aromatic carbocycles. The second-order valence-electron chi connectivity index (χ2n) is 9.71. The molecule has 0 saturated heterocycles. The van der Waals surface area contributed by atoms with Gasteiger partial charge in [0.1, 0.15) is 17.4 Å². The first-order valence-corrected chi connectivity index (χ1v) is 13.1. The molecule has 0 spiro atoms. The highest BCUT2D eigenvalue weighted by atomic mass is 35.5. The Kier molecular flexibility index (Phi) is 9.52. The van der Waals surface area contributed by atoms with Gasteiger partial charge in [-0.25, -0.2) is 8.78 Å². The number of alkyl halides is 7. The van der Waals surface area contributed by atoms with Crippen molar-refractivity contribution < 1.29 is 53.8 Å². The highest BCUT2D eigenvalue weighted by Gasteiger charge is 2.45. The van der Waals surface area contributed by atoms with Crippen molar-refractivity contribution in [3.8, 4) is 5.75 Å². The van der Waals surface area contributed by atoms with Gasteiger partial charge in [0.15, 0.2) is 0 Å². The first-order chi connectivity index (χ1) is 21.0. The number of amides is 1. The normalized spacial score (nSPS) is 13.3. The van der Waals surface area contributed by atoms with Crippen LogP contribution in [0.1, 0.15) is 43.0 Å². The van der Waals surface area contributed by atoms with E-state index >= 15 is 0 Å². The van der Waals surface area contributed by atoms with Crippen LogP contribution in [0.15, 0.2) is 91.0 Å². The van der Waals surface area contributed by atoms with Crippen LogP contribution in [0.25, 0.3) is 0 Å². The minimum atomic E-state index is -5.18. The smallest absolute Gasteiger partial charge is 0.428 e. The topological polar surface area (TPSA) is 55.4 Å². The van der Waals surface area contributed by atoms with Crippen LogP contribution in [0.2, 0.25) is 0 Å². The molecule has 1 atom stereocenters. The van der Waals surface area contributed by atoms with E-state index in [1.54, 1.807) is 30.3 Å². The third kappa shape index (κ3) is 7.59. The van der Waals surface area contributed by atoms with Crippen molar-refractivity contribution in [1.82, 2.24) is 5.32 Å². The van der Waals surface area contributed by atoms with Crippen molar-refractivity contribution in [3.63, 3.8) is 0 Å². The fourth-order valence-electron chi connectivity index (χ4n) is 4.57. The van der Waals surface area contributed by atoms with Crippen LogP contribution in [0.4, 0.5) is 39.5 Å². The van der Waals surface area contributed by atoms with E-state index in [1.165, 1.54) is 24.3 Å². The van der Waals surface area contributed by atoms with Crippen molar-refractivity contribution >= 4 is 22.8 Å². The van der Waals surface area contributed by atoms with Gasteiger partial charge in [0.2, 0.25) is 0 Å². The molecule has 0 saturated carbocycles. The first kappa shape index (κ1) is 33.4. The Morgan fingerprint density at radius 1 is 0.778 bits per heavy atom. The molecule has 0 heterocycles. The van der Waals surface area contributed by atoms with Gasteiger partial charge < -0.3 is 10.1 Å². The lowest BCUT2D eigenvalue weighted by atomic mass is 9.77. The zero-order chi connectivity index (χ0) is 33.2. The van der Waals surface area contributed by atoms with Gasteiger partial charge in [-0.15, -0.1) is 0 Å². The molecule has 0 aliphatic rings. The third-order valence-corrected chi connectivity index (χ3v) is 6.87. The van der Waals surface area contributed by atoms with Crippen molar-refractivity contribution in [2.45, 2.75) is 30.7 Å². The summed E-state index contributed by atoms with van der Waals surface area (Å²) in [6.45, 7) is 0. The third-order valence-electron chi connectivity index (χ3n) is 6.65. The molecular weight excluding hydrogens is 641 g/mol. The van der Waals surface area contributed by atoms with E-state index < -0.39 is 63.9 Å². The number of benzene rings is 4. The van der Waals surface area contributed by atoms with E-state index in [0.717, 1.165) is 18.2 Å². The average molecular weight is 660 g/mol. The number of carbonyl (C=O) groups is 2. The number of rotatable bonds is 10. The second-order valence-corrected chi connectivity index (χ2v) is 10.0. The molecule has 0 aliphatic carbocycles. The van der Waals surface area contributed by atoms with E-state index in [9.17, 15) is 49.1 Å². The summed E-state index contributed by atoms with van der Waals surface area (Å²) >= 11 is 5.54. The average Bonchev–Trinajstić information content (AvgIpc) is 2.96.